The minimum absolute atomic E-state index is 0.0277. The summed E-state index contributed by atoms with van der Waals surface area (Å²) in [5, 5.41) is 25.6. The second kappa shape index (κ2) is 15.5. The van der Waals surface area contributed by atoms with Crippen molar-refractivity contribution in [2.75, 3.05) is 20.2 Å². The Labute approximate surface area is 240 Å². The van der Waals surface area contributed by atoms with E-state index in [0.717, 1.165) is 12.8 Å². The van der Waals surface area contributed by atoms with E-state index in [1.165, 1.54) is 36.3 Å². The van der Waals surface area contributed by atoms with E-state index in [1.54, 1.807) is 45.0 Å². The highest BCUT2D eigenvalue weighted by Gasteiger charge is 2.37. The molecule has 2 aromatic carbocycles. The van der Waals surface area contributed by atoms with Crippen LogP contribution >= 0.6 is 0 Å². The largest absolute Gasteiger partial charge is 0.508 e. The number of ether oxygens (including phenoxy) is 2. The molecule has 0 fully saturated rings. The summed E-state index contributed by atoms with van der Waals surface area (Å²) in [6.07, 6.45) is 1.33. The molecule has 2 unspecified atom stereocenters. The lowest BCUT2D eigenvalue weighted by Gasteiger charge is -2.34. The molecule has 0 heterocycles. The van der Waals surface area contributed by atoms with Crippen LogP contribution in [-0.4, -0.2) is 70.8 Å². The number of alkyl carbamates (subject to hydrolysis) is 1. The van der Waals surface area contributed by atoms with E-state index < -0.39 is 48.1 Å². The number of hydrogen-bond donors (Lipinski definition) is 4. The van der Waals surface area contributed by atoms with Gasteiger partial charge in [0.25, 0.3) is 0 Å². The number of benzene rings is 2. The predicted octanol–water partition coefficient (Wildman–Crippen LogP) is 3.58. The monoisotopic (exact) mass is 571 g/mol. The van der Waals surface area contributed by atoms with Gasteiger partial charge >= 0.3 is 12.1 Å². The maximum atomic E-state index is 14.3. The van der Waals surface area contributed by atoms with Gasteiger partial charge in [-0.1, -0.05) is 50.1 Å². The molecule has 0 aliphatic carbocycles. The summed E-state index contributed by atoms with van der Waals surface area (Å²) in [6.45, 7) is 6.76. The van der Waals surface area contributed by atoms with E-state index in [9.17, 15) is 29.4 Å². The normalized spacial score (nSPS) is 12.5. The number of aromatic hydroxyl groups is 2. The molecular formula is C30H41N3O8. The molecule has 2 rings (SSSR count). The number of methoxy groups -OCH3 is 1. The van der Waals surface area contributed by atoms with Gasteiger partial charge in [-0.15, -0.1) is 0 Å². The van der Waals surface area contributed by atoms with Crippen molar-refractivity contribution in [3.8, 4) is 11.5 Å². The van der Waals surface area contributed by atoms with Crippen molar-refractivity contribution >= 4 is 23.9 Å². The van der Waals surface area contributed by atoms with Crippen LogP contribution in [0.3, 0.4) is 0 Å². The topological polar surface area (TPSA) is 154 Å². The number of nitrogens with zero attached hydrogens (tertiary/aromatic N) is 1. The lowest BCUT2D eigenvalue weighted by atomic mass is 9.99. The van der Waals surface area contributed by atoms with Crippen LogP contribution in [0.5, 0.6) is 11.5 Å². The first-order valence-corrected chi connectivity index (χ1v) is 13.6. The Morgan fingerprint density at radius 2 is 1.63 bits per heavy atom. The molecule has 0 radical (unpaired) electrons. The fourth-order valence-corrected chi connectivity index (χ4v) is 4.11. The Balaban J connectivity index is 2.57. The van der Waals surface area contributed by atoms with Crippen LogP contribution in [0, 0.1) is 0 Å². The lowest BCUT2D eigenvalue weighted by molar-refractivity contribution is -0.144. The van der Waals surface area contributed by atoms with Crippen molar-refractivity contribution in [1.29, 1.82) is 0 Å². The Morgan fingerprint density at radius 3 is 2.22 bits per heavy atom. The first kappa shape index (κ1) is 32.9. The molecule has 4 N–H and O–H groups in total. The molecule has 224 valence electrons. The van der Waals surface area contributed by atoms with Gasteiger partial charge in [0, 0.05) is 18.5 Å². The molecule has 0 saturated heterocycles. The molecule has 11 heteroatoms. The van der Waals surface area contributed by atoms with Gasteiger partial charge in [0.05, 0.1) is 7.11 Å². The second-order valence-corrected chi connectivity index (χ2v) is 10.6. The van der Waals surface area contributed by atoms with Crippen molar-refractivity contribution in [2.45, 2.75) is 71.1 Å². The SMILES string of the molecule is CCCCCN(C(=O)C(Cc1ccc(O)cc1)NC(=O)OC(C)(C)C)C(C(=O)NCC(=O)OC)c1ccccc1O. The van der Waals surface area contributed by atoms with Gasteiger partial charge in [0.2, 0.25) is 11.8 Å². The van der Waals surface area contributed by atoms with Gasteiger partial charge in [0.1, 0.15) is 35.7 Å². The van der Waals surface area contributed by atoms with Gasteiger partial charge in [-0.2, -0.15) is 0 Å². The second-order valence-electron chi connectivity index (χ2n) is 10.6. The molecule has 3 amide bonds. The summed E-state index contributed by atoms with van der Waals surface area (Å²) < 4.78 is 10.0. The van der Waals surface area contributed by atoms with Crippen molar-refractivity contribution < 1.29 is 38.9 Å². The van der Waals surface area contributed by atoms with E-state index in [-0.39, 0.29) is 30.0 Å². The average Bonchev–Trinajstić information content (AvgIpc) is 2.91. The number of para-hydroxylation sites is 1. The van der Waals surface area contributed by atoms with Gasteiger partial charge in [-0.25, -0.2) is 4.79 Å². The fraction of sp³-hybridized carbons (Fsp3) is 0.467. The van der Waals surface area contributed by atoms with Crippen LogP contribution < -0.4 is 10.6 Å². The number of amides is 3. The van der Waals surface area contributed by atoms with Crippen LogP contribution in [0.4, 0.5) is 4.79 Å². The van der Waals surface area contributed by atoms with E-state index in [0.29, 0.717) is 12.0 Å². The summed E-state index contributed by atoms with van der Waals surface area (Å²) >= 11 is 0. The fourth-order valence-electron chi connectivity index (χ4n) is 4.11. The number of esters is 1. The third kappa shape index (κ3) is 10.7. The number of phenolic OH excluding ortho intramolecular Hbond substituents is 2. The number of carbonyl (C=O) groups is 4. The number of hydrogen-bond acceptors (Lipinski definition) is 8. The highest BCUT2D eigenvalue weighted by molar-refractivity contribution is 5.93. The summed E-state index contributed by atoms with van der Waals surface area (Å²) in [6, 6.07) is 9.81. The number of rotatable bonds is 13. The molecule has 2 atom stereocenters. The van der Waals surface area contributed by atoms with Crippen molar-refractivity contribution in [2.24, 2.45) is 0 Å². The molecular weight excluding hydrogens is 530 g/mol. The Kier molecular flexibility index (Phi) is 12.4. The quantitative estimate of drug-likeness (QED) is 0.210. The standard InChI is InChI=1S/C30H41N3O8/c1-6-7-10-17-33(26(22-11-8-9-12-24(22)35)27(37)31-19-25(36)40-5)28(38)23(32-29(39)41-30(2,3)4)18-20-13-15-21(34)16-14-20/h8-9,11-16,23,26,34-35H,6-7,10,17-19H2,1-5H3,(H,31,37)(H,32,39). The smallest absolute Gasteiger partial charge is 0.408 e. The highest BCUT2D eigenvalue weighted by atomic mass is 16.6. The van der Waals surface area contributed by atoms with E-state index in [2.05, 4.69) is 15.4 Å². The van der Waals surface area contributed by atoms with Crippen molar-refractivity contribution in [3.63, 3.8) is 0 Å². The maximum Gasteiger partial charge on any atom is 0.408 e. The number of phenols is 2. The van der Waals surface area contributed by atoms with Gasteiger partial charge in [0.15, 0.2) is 0 Å². The first-order valence-electron chi connectivity index (χ1n) is 13.6. The zero-order valence-corrected chi connectivity index (χ0v) is 24.3. The number of unbranched alkanes of at least 4 members (excludes halogenated alkanes) is 2. The zero-order valence-electron chi connectivity index (χ0n) is 24.3. The van der Waals surface area contributed by atoms with Crippen LogP contribution in [-0.2, 0) is 30.3 Å². The number of carbonyl (C=O) groups excluding carboxylic acids is 4. The number of nitrogens with one attached hydrogen (secondary N) is 2. The third-order valence-corrected chi connectivity index (χ3v) is 6.08. The maximum absolute atomic E-state index is 14.3. The molecule has 0 aliphatic heterocycles. The molecule has 0 saturated carbocycles. The van der Waals surface area contributed by atoms with Gasteiger partial charge < -0.3 is 35.2 Å². The van der Waals surface area contributed by atoms with Crippen molar-refractivity contribution in [3.05, 3.63) is 59.7 Å². The average molecular weight is 572 g/mol. The molecule has 11 nitrogen and oxygen atoms in total. The van der Waals surface area contributed by atoms with Crippen LogP contribution in [0.15, 0.2) is 48.5 Å². The van der Waals surface area contributed by atoms with Gasteiger partial charge in [-0.05, 0) is 51.0 Å². The molecule has 0 spiro atoms. The van der Waals surface area contributed by atoms with Crippen LogP contribution in [0.2, 0.25) is 0 Å². The third-order valence-electron chi connectivity index (χ3n) is 6.08. The minimum Gasteiger partial charge on any atom is -0.508 e. The Morgan fingerprint density at radius 1 is 0.976 bits per heavy atom. The Bertz CT molecular complexity index is 1180. The van der Waals surface area contributed by atoms with Gasteiger partial charge in [-0.3, -0.25) is 14.4 Å². The minimum atomic E-state index is -1.33. The van der Waals surface area contributed by atoms with E-state index in [1.807, 2.05) is 6.92 Å². The van der Waals surface area contributed by atoms with Crippen LogP contribution in [0.25, 0.3) is 0 Å². The predicted molar refractivity (Wildman–Crippen MR) is 152 cm³/mol. The summed E-state index contributed by atoms with van der Waals surface area (Å²) in [4.78, 5) is 53.8. The molecule has 0 aromatic heterocycles. The lowest BCUT2D eigenvalue weighted by Crippen LogP contribution is -2.54. The molecule has 0 bridgehead atoms. The zero-order chi connectivity index (χ0) is 30.6. The summed E-state index contributed by atoms with van der Waals surface area (Å²) in [5.41, 5.74) is -0.0382. The first-order chi connectivity index (χ1) is 19.4. The summed E-state index contributed by atoms with van der Waals surface area (Å²) in [7, 11) is 1.19. The summed E-state index contributed by atoms with van der Waals surface area (Å²) in [5.74, 6) is -2.16. The Hall–Kier alpha value is -4.28. The van der Waals surface area contributed by atoms with Crippen molar-refractivity contribution in [1.82, 2.24) is 15.5 Å². The molecule has 0 aliphatic rings. The van der Waals surface area contributed by atoms with E-state index >= 15 is 0 Å². The van der Waals surface area contributed by atoms with E-state index in [4.69, 9.17) is 4.74 Å². The molecule has 2 aromatic rings. The molecule has 41 heavy (non-hydrogen) atoms. The highest BCUT2D eigenvalue weighted by Crippen LogP contribution is 2.30. The van der Waals surface area contributed by atoms with Crippen LogP contribution in [0.1, 0.15) is 64.1 Å².